The molecular formula is C16H19N5O3. The maximum atomic E-state index is 12.0. The highest BCUT2D eigenvalue weighted by Gasteiger charge is 2.11. The zero-order chi connectivity index (χ0) is 17.7. The fourth-order valence-electron chi connectivity index (χ4n) is 2.10. The number of nitrogens with one attached hydrogen (secondary N) is 2. The van der Waals surface area contributed by atoms with Gasteiger partial charge in [0, 0.05) is 37.5 Å². The first-order valence-corrected chi connectivity index (χ1v) is 7.35. The summed E-state index contributed by atoms with van der Waals surface area (Å²) in [5.41, 5.74) is 7.30. The first-order valence-electron chi connectivity index (χ1n) is 7.35. The van der Waals surface area contributed by atoms with Crippen LogP contribution in [0.4, 0.5) is 5.69 Å². The lowest BCUT2D eigenvalue weighted by Crippen LogP contribution is -2.29. The third-order valence-electron chi connectivity index (χ3n) is 3.49. The van der Waals surface area contributed by atoms with Crippen molar-refractivity contribution in [3.8, 4) is 0 Å². The predicted molar refractivity (Wildman–Crippen MR) is 88.5 cm³/mol. The van der Waals surface area contributed by atoms with Crippen LogP contribution in [0.1, 0.15) is 32.8 Å². The van der Waals surface area contributed by atoms with Crippen molar-refractivity contribution in [3.63, 3.8) is 0 Å². The summed E-state index contributed by atoms with van der Waals surface area (Å²) >= 11 is 0. The fraction of sp³-hybridized carbons (Fsp3) is 0.250. The first kappa shape index (κ1) is 17.2. The normalized spacial score (nSPS) is 10.2. The summed E-state index contributed by atoms with van der Waals surface area (Å²) in [5.74, 6) is -1.13. The Morgan fingerprint density at radius 2 is 2.00 bits per heavy atom. The Labute approximate surface area is 139 Å². The van der Waals surface area contributed by atoms with E-state index in [1.54, 1.807) is 25.2 Å². The summed E-state index contributed by atoms with van der Waals surface area (Å²) in [4.78, 5) is 35.1. The molecule has 0 bridgehead atoms. The Balaban J connectivity index is 1.88. The van der Waals surface area contributed by atoms with Crippen LogP contribution in [-0.4, -0.2) is 34.0 Å². The van der Waals surface area contributed by atoms with E-state index in [1.165, 1.54) is 16.9 Å². The van der Waals surface area contributed by atoms with Crippen molar-refractivity contribution in [2.24, 2.45) is 12.8 Å². The number of carbonyl (C=O) groups is 3. The Morgan fingerprint density at radius 1 is 1.25 bits per heavy atom. The van der Waals surface area contributed by atoms with Gasteiger partial charge >= 0.3 is 0 Å². The van der Waals surface area contributed by atoms with Crippen LogP contribution in [0.15, 0.2) is 30.5 Å². The number of aryl methyl sites for hydroxylation is 2. The average Bonchev–Trinajstić information content (AvgIpc) is 2.95. The van der Waals surface area contributed by atoms with E-state index in [0.717, 1.165) is 5.56 Å². The number of amides is 3. The van der Waals surface area contributed by atoms with E-state index in [2.05, 4.69) is 15.7 Å². The first-order chi connectivity index (χ1) is 11.4. The molecule has 0 radical (unpaired) electrons. The summed E-state index contributed by atoms with van der Waals surface area (Å²) in [5, 5.41) is 9.27. The van der Waals surface area contributed by atoms with Gasteiger partial charge in [-0.25, -0.2) is 0 Å². The van der Waals surface area contributed by atoms with Gasteiger partial charge in [0.15, 0.2) is 0 Å². The number of hydrogen-bond donors (Lipinski definition) is 3. The molecule has 3 amide bonds. The zero-order valence-corrected chi connectivity index (χ0v) is 13.5. The Bertz CT molecular complexity index is 782. The number of benzene rings is 1. The molecule has 0 saturated heterocycles. The van der Waals surface area contributed by atoms with Gasteiger partial charge in [0.2, 0.25) is 11.8 Å². The van der Waals surface area contributed by atoms with Crippen molar-refractivity contribution in [3.05, 3.63) is 47.3 Å². The number of nitrogens with zero attached hydrogens (tertiary/aromatic N) is 2. The van der Waals surface area contributed by atoms with Crippen molar-refractivity contribution < 1.29 is 14.4 Å². The lowest BCUT2D eigenvalue weighted by molar-refractivity contribution is -0.116. The molecule has 126 valence electrons. The molecule has 8 nitrogen and oxygen atoms in total. The van der Waals surface area contributed by atoms with Crippen LogP contribution >= 0.6 is 0 Å². The highest BCUT2D eigenvalue weighted by Crippen LogP contribution is 2.16. The van der Waals surface area contributed by atoms with E-state index in [9.17, 15) is 14.4 Å². The number of nitrogens with two attached hydrogens (primary N) is 1. The molecule has 0 spiro atoms. The molecule has 2 rings (SSSR count). The number of hydrogen-bond acceptors (Lipinski definition) is 4. The molecule has 1 aromatic heterocycles. The van der Waals surface area contributed by atoms with Crippen LogP contribution in [0.25, 0.3) is 0 Å². The van der Waals surface area contributed by atoms with E-state index in [-0.39, 0.29) is 24.8 Å². The Kier molecular flexibility index (Phi) is 5.31. The van der Waals surface area contributed by atoms with Gasteiger partial charge in [-0.15, -0.1) is 0 Å². The maximum absolute atomic E-state index is 12.0. The van der Waals surface area contributed by atoms with Crippen molar-refractivity contribution in [1.29, 1.82) is 0 Å². The van der Waals surface area contributed by atoms with Gasteiger partial charge in [-0.05, 0) is 30.7 Å². The predicted octanol–water partition coefficient (Wildman–Crippen LogP) is 0.586. The molecule has 0 saturated carbocycles. The summed E-state index contributed by atoms with van der Waals surface area (Å²) in [7, 11) is 1.66. The van der Waals surface area contributed by atoms with E-state index >= 15 is 0 Å². The molecule has 0 atom stereocenters. The van der Waals surface area contributed by atoms with Gasteiger partial charge < -0.3 is 16.4 Å². The third-order valence-corrected chi connectivity index (χ3v) is 3.49. The van der Waals surface area contributed by atoms with Gasteiger partial charge in [0.05, 0.1) is 0 Å². The summed E-state index contributed by atoms with van der Waals surface area (Å²) in [6.45, 7) is 2.00. The maximum Gasteiger partial charge on any atom is 0.269 e. The molecule has 1 aromatic carbocycles. The second-order valence-electron chi connectivity index (χ2n) is 5.29. The highest BCUT2D eigenvalue weighted by molar-refractivity contribution is 5.97. The molecule has 1 heterocycles. The van der Waals surface area contributed by atoms with Crippen LogP contribution in [0.5, 0.6) is 0 Å². The number of primary amides is 1. The number of rotatable bonds is 6. The van der Waals surface area contributed by atoms with E-state index in [1.807, 2.05) is 6.92 Å². The third kappa shape index (κ3) is 4.19. The lowest BCUT2D eigenvalue weighted by atomic mass is 10.1. The molecule has 0 aliphatic heterocycles. The second kappa shape index (κ2) is 7.40. The standard InChI is InChI=1S/C16H19N5O3/c1-10-3-4-11(15(17)23)9-12(10)20-14(22)6-7-18-16(24)13-5-8-19-21(13)2/h3-5,8-9H,6-7H2,1-2H3,(H2,17,23)(H,18,24)(H,20,22). The quantitative estimate of drug-likeness (QED) is 0.718. The van der Waals surface area contributed by atoms with Gasteiger partial charge in [-0.1, -0.05) is 6.07 Å². The van der Waals surface area contributed by atoms with Crippen LogP contribution in [0.3, 0.4) is 0 Å². The lowest BCUT2D eigenvalue weighted by Gasteiger charge is -2.10. The van der Waals surface area contributed by atoms with Gasteiger partial charge in [-0.3, -0.25) is 19.1 Å². The molecule has 4 N–H and O–H groups in total. The van der Waals surface area contributed by atoms with Crippen LogP contribution in [-0.2, 0) is 11.8 Å². The average molecular weight is 329 g/mol. The van der Waals surface area contributed by atoms with Gasteiger partial charge in [0.25, 0.3) is 5.91 Å². The fourth-order valence-corrected chi connectivity index (χ4v) is 2.10. The Hall–Kier alpha value is -3.16. The van der Waals surface area contributed by atoms with E-state index < -0.39 is 5.91 Å². The Morgan fingerprint density at radius 3 is 2.62 bits per heavy atom. The molecule has 0 unspecified atom stereocenters. The minimum absolute atomic E-state index is 0.101. The van der Waals surface area contributed by atoms with E-state index in [4.69, 9.17) is 5.73 Å². The van der Waals surface area contributed by atoms with Crippen LogP contribution < -0.4 is 16.4 Å². The van der Waals surface area contributed by atoms with Crippen molar-refractivity contribution in [2.75, 3.05) is 11.9 Å². The second-order valence-corrected chi connectivity index (χ2v) is 5.29. The molecular weight excluding hydrogens is 310 g/mol. The zero-order valence-electron chi connectivity index (χ0n) is 13.5. The highest BCUT2D eigenvalue weighted by atomic mass is 16.2. The molecule has 2 aromatic rings. The summed E-state index contributed by atoms with van der Waals surface area (Å²) < 4.78 is 1.45. The largest absolute Gasteiger partial charge is 0.366 e. The minimum atomic E-state index is -0.561. The number of anilines is 1. The van der Waals surface area contributed by atoms with E-state index in [0.29, 0.717) is 16.9 Å². The van der Waals surface area contributed by atoms with Crippen LogP contribution in [0, 0.1) is 6.92 Å². The van der Waals surface area contributed by atoms with Gasteiger partial charge in [0.1, 0.15) is 5.69 Å². The summed E-state index contributed by atoms with van der Waals surface area (Å²) in [6, 6.07) is 6.43. The molecule has 0 aliphatic rings. The smallest absolute Gasteiger partial charge is 0.269 e. The topological polar surface area (TPSA) is 119 Å². The molecule has 0 aliphatic carbocycles. The summed E-state index contributed by atoms with van der Waals surface area (Å²) in [6.07, 6.45) is 1.62. The SMILES string of the molecule is Cc1ccc(C(N)=O)cc1NC(=O)CCNC(=O)c1ccnn1C. The molecule has 0 fully saturated rings. The van der Waals surface area contributed by atoms with Gasteiger partial charge in [-0.2, -0.15) is 5.10 Å². The number of carbonyl (C=O) groups excluding carboxylic acids is 3. The molecule has 8 heteroatoms. The molecule has 24 heavy (non-hydrogen) atoms. The van der Waals surface area contributed by atoms with Crippen LogP contribution in [0.2, 0.25) is 0 Å². The van der Waals surface area contributed by atoms with Crippen molar-refractivity contribution >= 4 is 23.4 Å². The monoisotopic (exact) mass is 329 g/mol. The number of aromatic nitrogens is 2. The van der Waals surface area contributed by atoms with Crippen molar-refractivity contribution in [1.82, 2.24) is 15.1 Å². The van der Waals surface area contributed by atoms with Crippen molar-refractivity contribution in [2.45, 2.75) is 13.3 Å². The minimum Gasteiger partial charge on any atom is -0.366 e.